The number of ketones is 2. The minimum Gasteiger partial charge on any atom is -0.465 e. The van der Waals surface area contributed by atoms with Crippen molar-refractivity contribution < 1.29 is 19.1 Å². The first-order valence-corrected chi connectivity index (χ1v) is 8.80. The molecule has 0 aliphatic carbocycles. The second-order valence-electron chi connectivity index (χ2n) is 5.87. The molecule has 0 aliphatic heterocycles. The predicted molar refractivity (Wildman–Crippen MR) is 102 cm³/mol. The monoisotopic (exact) mass is 354 g/mol. The summed E-state index contributed by atoms with van der Waals surface area (Å²) in [7, 11) is 0. The molecule has 0 radical (unpaired) electrons. The first-order valence-electron chi connectivity index (χ1n) is 8.80. The highest BCUT2D eigenvalue weighted by Crippen LogP contribution is 2.03. The molecule has 0 amide bonds. The topological polar surface area (TPSA) is 60.4 Å². The number of hydrogen-bond donors (Lipinski definition) is 0. The molecule has 0 bridgehead atoms. The molecule has 0 spiro atoms. The van der Waals surface area contributed by atoms with Gasteiger partial charge >= 0.3 is 5.97 Å². The Morgan fingerprint density at radius 2 is 1.46 bits per heavy atom. The molecule has 4 heteroatoms. The zero-order chi connectivity index (χ0) is 19.2. The Hall–Kier alpha value is -2.75. The lowest BCUT2D eigenvalue weighted by Crippen LogP contribution is -2.13. The van der Waals surface area contributed by atoms with Crippen LogP contribution in [0.2, 0.25) is 0 Å². The van der Waals surface area contributed by atoms with Crippen molar-refractivity contribution in [3.63, 3.8) is 0 Å². The highest BCUT2D eigenvalue weighted by molar-refractivity contribution is 5.96. The maximum Gasteiger partial charge on any atom is 0.313 e. The van der Waals surface area contributed by atoms with Crippen LogP contribution in [0.3, 0.4) is 0 Å². The van der Waals surface area contributed by atoms with E-state index >= 15 is 0 Å². The van der Waals surface area contributed by atoms with Gasteiger partial charge in [-0.1, -0.05) is 74.0 Å². The van der Waals surface area contributed by atoms with Gasteiger partial charge in [-0.05, 0) is 18.9 Å². The summed E-state index contributed by atoms with van der Waals surface area (Å²) in [5.41, 5.74) is 1.70. The van der Waals surface area contributed by atoms with Crippen molar-refractivity contribution in [2.45, 2.75) is 39.5 Å². The molecule has 4 nitrogen and oxygen atoms in total. The van der Waals surface area contributed by atoms with Crippen molar-refractivity contribution >= 4 is 17.5 Å². The summed E-state index contributed by atoms with van der Waals surface area (Å²) < 4.78 is 4.93. The molecule has 26 heavy (non-hydrogen) atoms. The molecule has 0 saturated heterocycles. The largest absolute Gasteiger partial charge is 0.465 e. The van der Waals surface area contributed by atoms with E-state index in [0.717, 1.165) is 24.0 Å². The fourth-order valence-electron chi connectivity index (χ4n) is 2.10. The lowest BCUT2D eigenvalue weighted by atomic mass is 10.1. The van der Waals surface area contributed by atoms with E-state index in [-0.39, 0.29) is 18.0 Å². The van der Waals surface area contributed by atoms with Gasteiger partial charge in [-0.3, -0.25) is 14.4 Å². The summed E-state index contributed by atoms with van der Waals surface area (Å²) in [5, 5.41) is 0. The number of Topliss-reactive ketones (excluding diaryl/α,β-unsaturated/α-hetero) is 2. The third-order valence-electron chi connectivity index (χ3n) is 3.53. The minimum atomic E-state index is -0.417. The van der Waals surface area contributed by atoms with E-state index in [1.807, 2.05) is 67.6 Å². The lowest BCUT2D eigenvalue weighted by Gasteiger charge is -2.03. The number of rotatable bonds is 8. The summed E-state index contributed by atoms with van der Waals surface area (Å²) in [6.45, 7) is 4.00. The van der Waals surface area contributed by atoms with Gasteiger partial charge in [0, 0.05) is 12.0 Å². The van der Waals surface area contributed by atoms with Crippen molar-refractivity contribution in [3.8, 4) is 0 Å². The Morgan fingerprint density at radius 1 is 0.885 bits per heavy atom. The molecule has 0 aliphatic rings. The van der Waals surface area contributed by atoms with Crippen LogP contribution in [-0.4, -0.2) is 24.1 Å². The van der Waals surface area contributed by atoms with Gasteiger partial charge in [0.25, 0.3) is 0 Å². The fraction of sp³-hybridized carbons (Fsp3) is 0.318. The summed E-state index contributed by atoms with van der Waals surface area (Å²) >= 11 is 0. The first kappa shape index (κ1) is 21.3. The van der Waals surface area contributed by atoms with Crippen LogP contribution < -0.4 is 0 Å². The van der Waals surface area contributed by atoms with E-state index in [4.69, 9.17) is 4.74 Å². The van der Waals surface area contributed by atoms with Crippen molar-refractivity contribution in [2.75, 3.05) is 6.61 Å². The van der Waals surface area contributed by atoms with Crippen LogP contribution in [0.15, 0.2) is 60.7 Å². The zero-order valence-corrected chi connectivity index (χ0v) is 15.4. The number of hydrogen-bond acceptors (Lipinski definition) is 4. The molecule has 0 unspecified atom stereocenters. The maximum atomic E-state index is 11.6. The Morgan fingerprint density at radius 3 is 1.96 bits per heavy atom. The normalized spacial score (nSPS) is 9.62. The Labute approximate surface area is 155 Å². The van der Waals surface area contributed by atoms with Crippen LogP contribution >= 0.6 is 0 Å². The molecule has 2 aromatic rings. The van der Waals surface area contributed by atoms with Crippen molar-refractivity contribution in [1.29, 1.82) is 0 Å². The van der Waals surface area contributed by atoms with Crippen LogP contribution in [0.25, 0.3) is 0 Å². The van der Waals surface area contributed by atoms with Gasteiger partial charge in [0.2, 0.25) is 0 Å². The summed E-state index contributed by atoms with van der Waals surface area (Å²) in [5.74, 6) is -0.396. The van der Waals surface area contributed by atoms with Crippen molar-refractivity contribution in [1.82, 2.24) is 0 Å². The van der Waals surface area contributed by atoms with E-state index in [0.29, 0.717) is 13.0 Å². The molecule has 0 saturated carbocycles. The second kappa shape index (κ2) is 12.6. The molecular formula is C22H26O4. The van der Waals surface area contributed by atoms with Crippen molar-refractivity contribution in [3.05, 3.63) is 71.8 Å². The summed E-state index contributed by atoms with van der Waals surface area (Å²) in [6.07, 6.45) is 1.99. The Bertz CT molecular complexity index is 678. The molecular weight excluding hydrogens is 328 g/mol. The summed E-state index contributed by atoms with van der Waals surface area (Å²) in [6, 6.07) is 18.6. The summed E-state index contributed by atoms with van der Waals surface area (Å²) in [4.78, 5) is 33.5. The molecule has 2 aromatic carbocycles. The number of unbranched alkanes of at least 4 members (excludes halogenated alkanes) is 1. The lowest BCUT2D eigenvalue weighted by molar-refractivity contribution is -0.146. The smallest absolute Gasteiger partial charge is 0.313 e. The number of ether oxygens (including phenoxy) is 1. The van der Waals surface area contributed by atoms with Gasteiger partial charge in [0.15, 0.2) is 5.78 Å². The van der Waals surface area contributed by atoms with Gasteiger partial charge in [0.1, 0.15) is 12.2 Å². The van der Waals surface area contributed by atoms with Crippen LogP contribution in [0, 0.1) is 0 Å². The minimum absolute atomic E-state index is 0.0994. The van der Waals surface area contributed by atoms with E-state index in [1.54, 1.807) is 6.92 Å². The molecule has 0 aromatic heterocycles. The fourth-order valence-corrected chi connectivity index (χ4v) is 2.10. The van der Waals surface area contributed by atoms with E-state index in [1.165, 1.54) is 0 Å². The third-order valence-corrected chi connectivity index (χ3v) is 3.53. The van der Waals surface area contributed by atoms with Gasteiger partial charge in [-0.25, -0.2) is 0 Å². The van der Waals surface area contributed by atoms with E-state index < -0.39 is 5.97 Å². The molecule has 0 fully saturated rings. The average molecular weight is 354 g/mol. The van der Waals surface area contributed by atoms with E-state index in [9.17, 15) is 14.4 Å². The average Bonchev–Trinajstić information content (AvgIpc) is 2.64. The van der Waals surface area contributed by atoms with Gasteiger partial charge in [-0.15, -0.1) is 0 Å². The third kappa shape index (κ3) is 9.52. The number of benzene rings is 2. The SMILES string of the molecule is CC(=O)c1ccccc1.CCCCOC(=O)CC(=O)Cc1ccccc1. The Kier molecular flexibility index (Phi) is 10.3. The molecule has 0 N–H and O–H groups in total. The van der Waals surface area contributed by atoms with E-state index in [2.05, 4.69) is 0 Å². The maximum absolute atomic E-state index is 11.6. The van der Waals surface area contributed by atoms with Crippen LogP contribution in [-0.2, 0) is 20.7 Å². The van der Waals surface area contributed by atoms with Gasteiger partial charge in [-0.2, -0.15) is 0 Å². The number of carbonyl (C=O) groups excluding carboxylic acids is 3. The zero-order valence-electron chi connectivity index (χ0n) is 15.4. The molecule has 0 heterocycles. The Balaban J connectivity index is 0.000000314. The molecule has 2 rings (SSSR count). The molecule has 138 valence electrons. The predicted octanol–water partition coefficient (Wildman–Crippen LogP) is 4.42. The van der Waals surface area contributed by atoms with Crippen molar-refractivity contribution in [2.24, 2.45) is 0 Å². The van der Waals surface area contributed by atoms with Gasteiger partial charge < -0.3 is 4.74 Å². The van der Waals surface area contributed by atoms with Crippen LogP contribution in [0.4, 0.5) is 0 Å². The highest BCUT2D eigenvalue weighted by atomic mass is 16.5. The standard InChI is InChI=1S/C14H18O3.C8H8O/c1-2-3-9-17-14(16)11-13(15)10-12-7-5-4-6-8-12;1-7(9)8-5-3-2-4-6-8/h4-8H,2-3,9-11H2,1H3;2-6H,1H3. The van der Waals surface area contributed by atoms with Gasteiger partial charge in [0.05, 0.1) is 6.61 Å². The number of esters is 1. The number of carbonyl (C=O) groups is 3. The molecule has 0 atom stereocenters. The highest BCUT2D eigenvalue weighted by Gasteiger charge is 2.10. The first-order chi connectivity index (χ1) is 12.5. The van der Waals surface area contributed by atoms with Crippen LogP contribution in [0.5, 0.6) is 0 Å². The second-order valence-corrected chi connectivity index (χ2v) is 5.87. The van der Waals surface area contributed by atoms with Crippen LogP contribution in [0.1, 0.15) is 49.0 Å². The quantitative estimate of drug-likeness (QED) is 0.305.